The van der Waals surface area contributed by atoms with E-state index >= 15 is 0 Å². The van der Waals surface area contributed by atoms with Crippen LogP contribution in [0.2, 0.25) is 0 Å². The molecule has 0 atom stereocenters. The predicted molar refractivity (Wildman–Crippen MR) is 93.4 cm³/mol. The first-order valence-electron chi connectivity index (χ1n) is 6.33. The van der Waals surface area contributed by atoms with Crippen molar-refractivity contribution in [1.29, 1.82) is 0 Å². The zero-order chi connectivity index (χ0) is 15.6. The van der Waals surface area contributed by atoms with Crippen molar-refractivity contribution < 1.29 is 29.0 Å². The Morgan fingerprint density at radius 2 is 1.14 bits per heavy atom. The molecule has 116 valence electrons. The molecule has 4 nitrogen and oxygen atoms in total. The van der Waals surface area contributed by atoms with Gasteiger partial charge in [-0.2, -0.15) is 0 Å². The zero-order valence-corrected chi connectivity index (χ0v) is 19.1. The number of hydrogen-bond acceptors (Lipinski definition) is 6. The first kappa shape index (κ1) is 21.8. The molecule has 2 aliphatic rings. The third kappa shape index (κ3) is 6.05. The molecule has 0 radical (unpaired) electrons. The second-order valence-corrected chi connectivity index (χ2v) is 7.49. The van der Waals surface area contributed by atoms with Crippen LogP contribution in [-0.2, 0) is 54.2 Å². The molecular formula is C12H20N2O2S4Zn. The molecule has 9 heteroatoms. The average Bonchev–Trinajstić information content (AvgIpc) is 2.80. The van der Waals surface area contributed by atoms with Gasteiger partial charge in [0.25, 0.3) is 0 Å². The van der Waals surface area contributed by atoms with E-state index in [1.807, 2.05) is 37.5 Å². The largest absolute Gasteiger partial charge is 2.00 e. The van der Waals surface area contributed by atoms with Crippen LogP contribution < -0.4 is 0 Å². The van der Waals surface area contributed by atoms with Gasteiger partial charge in [0.05, 0.1) is 13.2 Å². The monoisotopic (exact) mass is 416 g/mol. The van der Waals surface area contributed by atoms with Crippen molar-refractivity contribution in [3.63, 3.8) is 0 Å². The van der Waals surface area contributed by atoms with Crippen molar-refractivity contribution in [2.75, 3.05) is 26.3 Å². The van der Waals surface area contributed by atoms with E-state index < -0.39 is 0 Å². The summed E-state index contributed by atoms with van der Waals surface area (Å²) >= 11 is 19.5. The fraction of sp³-hybridized carbons (Fsp3) is 0.833. The predicted octanol–water partition coefficient (Wildman–Crippen LogP) is 1.77. The number of rotatable bonds is 0. The van der Waals surface area contributed by atoms with Crippen LogP contribution in [0.15, 0.2) is 0 Å². The van der Waals surface area contributed by atoms with Gasteiger partial charge in [0.15, 0.2) is 0 Å². The fourth-order valence-corrected chi connectivity index (χ4v) is 3.33. The van der Waals surface area contributed by atoms with E-state index in [9.17, 15) is 0 Å². The van der Waals surface area contributed by atoms with Crippen molar-refractivity contribution in [3.05, 3.63) is 0 Å². The van der Waals surface area contributed by atoms with Crippen LogP contribution >= 0.6 is 24.4 Å². The summed E-state index contributed by atoms with van der Waals surface area (Å²) in [5, 5.41) is 0. The van der Waals surface area contributed by atoms with Crippen LogP contribution in [0.3, 0.4) is 0 Å². The van der Waals surface area contributed by atoms with Gasteiger partial charge >= 0.3 is 19.5 Å². The van der Waals surface area contributed by atoms with Gasteiger partial charge < -0.3 is 69.0 Å². The molecular weight excluding hydrogens is 398 g/mol. The average molecular weight is 418 g/mol. The molecule has 0 N–H and O–H groups in total. The van der Waals surface area contributed by atoms with Crippen molar-refractivity contribution >= 4 is 58.3 Å². The summed E-state index contributed by atoms with van der Waals surface area (Å²) in [7, 11) is 0. The van der Waals surface area contributed by atoms with Gasteiger partial charge in [-0.3, -0.25) is 0 Å². The molecule has 2 saturated heterocycles. The summed E-state index contributed by atoms with van der Waals surface area (Å²) in [6.07, 6.45) is 0. The Labute approximate surface area is 161 Å². The Kier molecular flexibility index (Phi) is 8.88. The summed E-state index contributed by atoms with van der Waals surface area (Å²) < 4.78 is 11.8. The number of thiocarbonyl (C=S) groups is 2. The van der Waals surface area contributed by atoms with Crippen molar-refractivity contribution in [1.82, 2.24) is 9.80 Å². The standard InChI is InChI=1S/2C6H11NOS2.Zn/c2*1-6(2)7(5(9)10)3-4-8-6;/h2*3-4H2,1-2H3,(H,9,10);/q;;+2/p-2. The quantitative estimate of drug-likeness (QED) is 0.334. The maximum Gasteiger partial charge on any atom is 2.00 e. The molecule has 0 aromatic heterocycles. The van der Waals surface area contributed by atoms with Crippen LogP contribution in [-0.4, -0.2) is 56.2 Å². The van der Waals surface area contributed by atoms with Crippen LogP contribution in [0, 0.1) is 0 Å². The summed E-state index contributed by atoms with van der Waals surface area (Å²) in [6, 6.07) is 0. The van der Waals surface area contributed by atoms with E-state index in [4.69, 9.17) is 59.2 Å². The minimum absolute atomic E-state index is 0. The minimum atomic E-state index is -0.279. The van der Waals surface area contributed by atoms with Crippen LogP contribution in [0.5, 0.6) is 0 Å². The summed E-state index contributed by atoms with van der Waals surface area (Å²) in [5.74, 6) is 0. The first-order valence-corrected chi connectivity index (χ1v) is 7.96. The van der Waals surface area contributed by atoms with Gasteiger partial charge in [0.2, 0.25) is 0 Å². The summed E-state index contributed by atoms with van der Waals surface area (Å²) in [5.41, 5.74) is -0.558. The molecule has 0 saturated carbocycles. The molecule has 0 aliphatic carbocycles. The minimum Gasteiger partial charge on any atom is -0.411 e. The maximum absolute atomic E-state index is 5.39. The van der Waals surface area contributed by atoms with Gasteiger partial charge in [0.1, 0.15) is 11.4 Å². The normalized spacial score (nSPS) is 22.1. The molecule has 2 aliphatic heterocycles. The fourth-order valence-electron chi connectivity index (χ4n) is 2.09. The van der Waals surface area contributed by atoms with Crippen molar-refractivity contribution in [2.45, 2.75) is 39.1 Å². The smallest absolute Gasteiger partial charge is 0.411 e. The van der Waals surface area contributed by atoms with Crippen LogP contribution in [0.4, 0.5) is 0 Å². The third-order valence-electron chi connectivity index (χ3n) is 3.28. The summed E-state index contributed by atoms with van der Waals surface area (Å²) in [6.45, 7) is 11.0. The molecule has 2 rings (SSSR count). The third-order valence-corrected chi connectivity index (χ3v) is 4.16. The molecule has 21 heavy (non-hydrogen) atoms. The second kappa shape index (κ2) is 8.57. The molecule has 0 bridgehead atoms. The van der Waals surface area contributed by atoms with Gasteiger partial charge in [-0.1, -0.05) is 8.64 Å². The van der Waals surface area contributed by atoms with Crippen LogP contribution in [0.25, 0.3) is 0 Å². The van der Waals surface area contributed by atoms with Crippen LogP contribution in [0.1, 0.15) is 27.7 Å². The van der Waals surface area contributed by atoms with Gasteiger partial charge in [-0.05, 0) is 27.7 Å². The van der Waals surface area contributed by atoms with E-state index in [2.05, 4.69) is 0 Å². The number of ether oxygens (including phenoxy) is 2. The Morgan fingerprint density at radius 1 is 0.857 bits per heavy atom. The second-order valence-electron chi connectivity index (χ2n) is 5.43. The van der Waals surface area contributed by atoms with E-state index in [-0.39, 0.29) is 30.9 Å². The van der Waals surface area contributed by atoms with E-state index in [0.717, 1.165) is 26.3 Å². The first-order chi connectivity index (χ1) is 9.08. The van der Waals surface area contributed by atoms with Crippen molar-refractivity contribution in [2.24, 2.45) is 0 Å². The van der Waals surface area contributed by atoms with Gasteiger partial charge in [-0.15, -0.1) is 0 Å². The van der Waals surface area contributed by atoms with E-state index in [0.29, 0.717) is 8.64 Å². The van der Waals surface area contributed by atoms with E-state index in [1.54, 1.807) is 0 Å². The maximum atomic E-state index is 5.39. The van der Waals surface area contributed by atoms with Crippen molar-refractivity contribution in [3.8, 4) is 0 Å². The molecule has 0 unspecified atom stereocenters. The molecule has 0 aromatic rings. The molecule has 2 heterocycles. The Bertz CT molecular complexity index is 357. The Hall–Kier alpha value is 0.763. The Morgan fingerprint density at radius 3 is 1.24 bits per heavy atom. The van der Waals surface area contributed by atoms with E-state index in [1.165, 1.54) is 0 Å². The molecule has 0 spiro atoms. The SMILES string of the molecule is CC1(C)OCCN1C(=S)[S-].CC1(C)OCCN1C(=S)[S-].[Zn+2]. The topological polar surface area (TPSA) is 24.9 Å². The molecule has 2 fully saturated rings. The summed E-state index contributed by atoms with van der Waals surface area (Å²) in [4.78, 5) is 3.83. The zero-order valence-electron chi connectivity index (χ0n) is 12.9. The molecule has 0 amide bonds. The van der Waals surface area contributed by atoms with Gasteiger partial charge in [-0.25, -0.2) is 0 Å². The number of nitrogens with zero attached hydrogens (tertiary/aromatic N) is 2. The Balaban J connectivity index is 0.000000364. The molecule has 0 aromatic carbocycles. The van der Waals surface area contributed by atoms with Gasteiger partial charge in [0, 0.05) is 13.1 Å². The number of hydrogen-bond donors (Lipinski definition) is 0.